The third-order valence-corrected chi connectivity index (χ3v) is 3.59. The number of carbonyl (C=O) groups excluding carboxylic acids is 1. The maximum atomic E-state index is 12.1. The fraction of sp³-hybridized carbons (Fsp3) is 0.733. The predicted octanol–water partition coefficient (Wildman–Crippen LogP) is 0.490. The molecule has 0 fully saturated rings. The summed E-state index contributed by atoms with van der Waals surface area (Å²) in [5, 5.41) is 6.22. The lowest BCUT2D eigenvalue weighted by Gasteiger charge is -2.16. The van der Waals surface area contributed by atoms with Crippen molar-refractivity contribution in [1.82, 2.24) is 20.2 Å². The number of carbonyl (C=O) groups is 1. The minimum absolute atomic E-state index is 0.0239. The maximum Gasteiger partial charge on any atom is 0.240 e. The molecule has 0 aliphatic carbocycles. The van der Waals surface area contributed by atoms with Gasteiger partial charge in [0, 0.05) is 45.3 Å². The molecule has 2 rings (SSSR count). The van der Waals surface area contributed by atoms with Gasteiger partial charge in [-0.2, -0.15) is 0 Å². The number of nitrogens with zero attached hydrogens (tertiary/aromatic N) is 2. The van der Waals surface area contributed by atoms with E-state index in [4.69, 9.17) is 9.72 Å². The molecule has 1 aromatic heterocycles. The van der Waals surface area contributed by atoms with Crippen LogP contribution in [0.25, 0.3) is 0 Å². The third-order valence-electron chi connectivity index (χ3n) is 3.59. The Kier molecular flexibility index (Phi) is 5.76. The molecule has 1 aromatic rings. The van der Waals surface area contributed by atoms with Crippen molar-refractivity contribution in [2.45, 2.75) is 39.8 Å². The number of aromatic nitrogens is 2. The summed E-state index contributed by atoms with van der Waals surface area (Å²) in [5.41, 5.74) is 2.31. The topological polar surface area (TPSA) is 68.2 Å². The molecule has 6 nitrogen and oxygen atoms in total. The van der Waals surface area contributed by atoms with E-state index in [-0.39, 0.29) is 5.91 Å². The van der Waals surface area contributed by atoms with E-state index in [1.54, 1.807) is 7.11 Å². The minimum Gasteiger partial charge on any atom is -0.383 e. The minimum atomic E-state index is 0.0239. The van der Waals surface area contributed by atoms with Gasteiger partial charge >= 0.3 is 0 Å². The molecular weight excluding hydrogens is 268 g/mol. The van der Waals surface area contributed by atoms with E-state index in [1.807, 2.05) is 0 Å². The first-order chi connectivity index (χ1) is 10.1. The highest BCUT2D eigenvalue weighted by Gasteiger charge is 2.21. The number of nitrogens with one attached hydrogen (secondary N) is 2. The SMILES string of the molecule is COCCNC(=O)Cn1c(CC(C)C)nc2c1CCNC2. The van der Waals surface area contributed by atoms with Gasteiger partial charge in [-0.1, -0.05) is 13.8 Å². The second-order valence-electron chi connectivity index (χ2n) is 5.88. The Bertz CT molecular complexity index is 482. The Morgan fingerprint density at radius 1 is 1.52 bits per heavy atom. The van der Waals surface area contributed by atoms with Gasteiger partial charge < -0.3 is 19.9 Å². The zero-order chi connectivity index (χ0) is 15.2. The number of ether oxygens (including phenoxy) is 1. The lowest BCUT2D eigenvalue weighted by molar-refractivity contribution is -0.121. The average Bonchev–Trinajstić information content (AvgIpc) is 2.76. The van der Waals surface area contributed by atoms with Crippen LogP contribution in [0.5, 0.6) is 0 Å². The van der Waals surface area contributed by atoms with Crippen LogP contribution in [0.15, 0.2) is 0 Å². The predicted molar refractivity (Wildman–Crippen MR) is 81.1 cm³/mol. The molecule has 1 amide bonds. The lowest BCUT2D eigenvalue weighted by Crippen LogP contribution is -2.32. The van der Waals surface area contributed by atoms with Crippen LogP contribution < -0.4 is 10.6 Å². The van der Waals surface area contributed by atoms with E-state index >= 15 is 0 Å². The van der Waals surface area contributed by atoms with Gasteiger partial charge in [-0.15, -0.1) is 0 Å². The number of fused-ring (bicyclic) bond motifs is 1. The van der Waals surface area contributed by atoms with Crippen LogP contribution >= 0.6 is 0 Å². The summed E-state index contributed by atoms with van der Waals surface area (Å²) < 4.78 is 7.06. The lowest BCUT2D eigenvalue weighted by atomic mass is 10.1. The highest BCUT2D eigenvalue weighted by Crippen LogP contribution is 2.18. The number of rotatable bonds is 7. The molecule has 0 atom stereocenters. The fourth-order valence-electron chi connectivity index (χ4n) is 2.63. The van der Waals surface area contributed by atoms with E-state index in [9.17, 15) is 4.79 Å². The third kappa shape index (κ3) is 4.28. The van der Waals surface area contributed by atoms with Crippen molar-refractivity contribution < 1.29 is 9.53 Å². The fourth-order valence-corrected chi connectivity index (χ4v) is 2.63. The Labute approximate surface area is 126 Å². The number of amides is 1. The van der Waals surface area contributed by atoms with Crippen molar-refractivity contribution in [3.63, 3.8) is 0 Å². The number of imidazole rings is 1. The van der Waals surface area contributed by atoms with Crippen LogP contribution in [0.3, 0.4) is 0 Å². The van der Waals surface area contributed by atoms with Crippen LogP contribution in [-0.4, -0.2) is 42.3 Å². The largest absolute Gasteiger partial charge is 0.383 e. The highest BCUT2D eigenvalue weighted by molar-refractivity contribution is 5.75. The molecule has 0 bridgehead atoms. The van der Waals surface area contributed by atoms with Gasteiger partial charge in [0.1, 0.15) is 12.4 Å². The summed E-state index contributed by atoms with van der Waals surface area (Å²) in [5.74, 6) is 1.58. The monoisotopic (exact) mass is 294 g/mol. The van der Waals surface area contributed by atoms with Gasteiger partial charge in [-0.05, 0) is 5.92 Å². The summed E-state index contributed by atoms with van der Waals surface area (Å²) >= 11 is 0. The standard InChI is InChI=1S/C15H26N4O2/c1-11(2)8-14-18-12-9-16-5-4-13(12)19(14)10-15(20)17-6-7-21-3/h11,16H,4-10H2,1-3H3,(H,17,20). The highest BCUT2D eigenvalue weighted by atomic mass is 16.5. The molecule has 118 valence electrons. The van der Waals surface area contributed by atoms with E-state index in [2.05, 4.69) is 29.0 Å². The summed E-state index contributed by atoms with van der Waals surface area (Å²) in [7, 11) is 1.63. The van der Waals surface area contributed by atoms with Gasteiger partial charge in [-0.3, -0.25) is 4.79 Å². The Morgan fingerprint density at radius 3 is 3.05 bits per heavy atom. The van der Waals surface area contributed by atoms with E-state index < -0.39 is 0 Å². The van der Waals surface area contributed by atoms with Crippen LogP contribution in [0, 0.1) is 5.92 Å². The molecule has 2 N–H and O–H groups in total. The van der Waals surface area contributed by atoms with Crippen molar-refractivity contribution >= 4 is 5.91 Å². The molecule has 21 heavy (non-hydrogen) atoms. The summed E-state index contributed by atoms with van der Waals surface area (Å²) in [6, 6.07) is 0. The van der Waals surface area contributed by atoms with Crippen molar-refractivity contribution in [1.29, 1.82) is 0 Å². The average molecular weight is 294 g/mol. The van der Waals surface area contributed by atoms with Crippen LogP contribution in [-0.2, 0) is 35.5 Å². The van der Waals surface area contributed by atoms with Crippen molar-refractivity contribution in [3.05, 3.63) is 17.2 Å². The van der Waals surface area contributed by atoms with Crippen LogP contribution in [0.1, 0.15) is 31.1 Å². The molecule has 0 radical (unpaired) electrons. The van der Waals surface area contributed by atoms with Gasteiger partial charge in [0.15, 0.2) is 0 Å². The molecular formula is C15H26N4O2. The number of hydrogen-bond donors (Lipinski definition) is 2. The van der Waals surface area contributed by atoms with Crippen molar-refractivity contribution in [2.24, 2.45) is 5.92 Å². The second-order valence-corrected chi connectivity index (χ2v) is 5.88. The quantitative estimate of drug-likeness (QED) is 0.718. The molecule has 0 aromatic carbocycles. The van der Waals surface area contributed by atoms with Gasteiger partial charge in [0.2, 0.25) is 5.91 Å². The first-order valence-corrected chi connectivity index (χ1v) is 7.65. The zero-order valence-electron chi connectivity index (χ0n) is 13.2. The normalized spacial score (nSPS) is 14.3. The van der Waals surface area contributed by atoms with Crippen molar-refractivity contribution in [3.8, 4) is 0 Å². The molecule has 0 unspecified atom stereocenters. The van der Waals surface area contributed by atoms with E-state index in [0.29, 0.717) is 25.6 Å². The number of methoxy groups -OCH3 is 1. The Morgan fingerprint density at radius 2 is 2.33 bits per heavy atom. The molecule has 0 saturated carbocycles. The Hall–Kier alpha value is -1.40. The number of hydrogen-bond acceptors (Lipinski definition) is 4. The van der Waals surface area contributed by atoms with E-state index in [1.165, 1.54) is 5.69 Å². The molecule has 2 heterocycles. The Balaban J connectivity index is 2.11. The van der Waals surface area contributed by atoms with E-state index in [0.717, 1.165) is 37.4 Å². The zero-order valence-corrected chi connectivity index (χ0v) is 13.2. The molecule has 1 aliphatic rings. The first-order valence-electron chi connectivity index (χ1n) is 7.65. The smallest absolute Gasteiger partial charge is 0.240 e. The van der Waals surface area contributed by atoms with Gasteiger partial charge in [0.05, 0.1) is 12.3 Å². The van der Waals surface area contributed by atoms with Gasteiger partial charge in [0.25, 0.3) is 0 Å². The van der Waals surface area contributed by atoms with Crippen LogP contribution in [0.4, 0.5) is 0 Å². The maximum absolute atomic E-state index is 12.1. The van der Waals surface area contributed by atoms with Crippen LogP contribution in [0.2, 0.25) is 0 Å². The van der Waals surface area contributed by atoms with Gasteiger partial charge in [-0.25, -0.2) is 4.98 Å². The summed E-state index contributed by atoms with van der Waals surface area (Å²) in [4.78, 5) is 16.8. The molecule has 1 aliphatic heterocycles. The molecule has 0 saturated heterocycles. The second kappa shape index (κ2) is 7.56. The van der Waals surface area contributed by atoms with Crippen molar-refractivity contribution in [2.75, 3.05) is 26.8 Å². The molecule has 6 heteroatoms. The molecule has 0 spiro atoms. The summed E-state index contributed by atoms with van der Waals surface area (Å²) in [6.07, 6.45) is 1.84. The summed E-state index contributed by atoms with van der Waals surface area (Å²) in [6.45, 7) is 7.55. The first kappa shape index (κ1) is 16.0.